The van der Waals surface area contributed by atoms with Crippen molar-refractivity contribution in [2.45, 2.75) is 63.6 Å². The second kappa shape index (κ2) is 4.90. The van der Waals surface area contributed by atoms with Gasteiger partial charge in [-0.2, -0.15) is 0 Å². The van der Waals surface area contributed by atoms with Crippen LogP contribution in [0.5, 0.6) is 0 Å². The third-order valence-corrected chi connectivity index (χ3v) is 4.35. The number of amides is 1. The Bertz CT molecular complexity index is 553. The maximum Gasteiger partial charge on any atom is 0.410 e. The van der Waals surface area contributed by atoms with Crippen molar-refractivity contribution in [1.29, 1.82) is 0 Å². The fraction of sp³-hybridized carbons (Fsp3) is 0.625. The number of rotatable bonds is 1. The molecule has 1 aromatic heterocycles. The van der Waals surface area contributed by atoms with Gasteiger partial charge in [-0.1, -0.05) is 0 Å². The molecule has 5 nitrogen and oxygen atoms in total. The first-order chi connectivity index (χ1) is 9.85. The highest BCUT2D eigenvalue weighted by Crippen LogP contribution is 2.47. The monoisotopic (exact) mass is 289 g/mol. The molecule has 2 fully saturated rings. The quantitative estimate of drug-likeness (QED) is 0.863. The Morgan fingerprint density at radius 2 is 2.14 bits per heavy atom. The third kappa shape index (κ3) is 2.69. The minimum Gasteiger partial charge on any atom is -0.444 e. The predicted octanol–water partition coefficient (Wildman–Crippen LogP) is 2.92. The topological polar surface area (TPSA) is 68.5 Å². The van der Waals surface area contributed by atoms with Crippen LogP contribution in [0.1, 0.15) is 51.5 Å². The highest BCUT2D eigenvalue weighted by Gasteiger charge is 2.50. The first-order valence-corrected chi connectivity index (χ1v) is 7.57. The van der Waals surface area contributed by atoms with E-state index < -0.39 is 5.60 Å². The van der Waals surface area contributed by atoms with E-state index >= 15 is 0 Å². The summed E-state index contributed by atoms with van der Waals surface area (Å²) in [4.78, 5) is 18.6. The normalized spacial score (nSPS) is 28.0. The minimum absolute atomic E-state index is 0.186. The lowest BCUT2D eigenvalue weighted by molar-refractivity contribution is 0.0213. The van der Waals surface area contributed by atoms with Crippen LogP contribution in [0.25, 0.3) is 0 Å². The molecule has 2 saturated heterocycles. The molecule has 0 spiro atoms. The lowest BCUT2D eigenvalue weighted by Gasteiger charge is -2.28. The van der Waals surface area contributed by atoms with Crippen molar-refractivity contribution in [3.63, 3.8) is 0 Å². The van der Waals surface area contributed by atoms with E-state index in [4.69, 9.17) is 10.5 Å². The summed E-state index contributed by atoms with van der Waals surface area (Å²) in [6.07, 6.45) is 6.42. The summed E-state index contributed by atoms with van der Waals surface area (Å²) in [6, 6.07) is 2.48. The number of ether oxygens (including phenoxy) is 1. The average molecular weight is 289 g/mol. The number of nitrogen functional groups attached to an aromatic ring is 1. The van der Waals surface area contributed by atoms with Crippen molar-refractivity contribution >= 4 is 11.8 Å². The first kappa shape index (κ1) is 14.2. The zero-order valence-corrected chi connectivity index (χ0v) is 12.9. The Kier molecular flexibility index (Phi) is 3.30. The molecule has 2 aliphatic heterocycles. The van der Waals surface area contributed by atoms with Crippen LogP contribution in [0, 0.1) is 0 Å². The maximum atomic E-state index is 12.4. The summed E-state index contributed by atoms with van der Waals surface area (Å²) in [5.41, 5.74) is 7.20. The maximum absolute atomic E-state index is 12.4. The fourth-order valence-corrected chi connectivity index (χ4v) is 3.63. The van der Waals surface area contributed by atoms with Gasteiger partial charge in [-0.25, -0.2) is 4.79 Å². The van der Waals surface area contributed by atoms with Crippen LogP contribution in [0.15, 0.2) is 18.5 Å². The number of carbonyl (C=O) groups is 1. The van der Waals surface area contributed by atoms with Crippen molar-refractivity contribution in [2.75, 3.05) is 5.73 Å². The first-order valence-electron chi connectivity index (χ1n) is 7.57. The van der Waals surface area contributed by atoms with Gasteiger partial charge in [0, 0.05) is 30.4 Å². The van der Waals surface area contributed by atoms with Crippen LogP contribution in [0.4, 0.5) is 10.5 Å². The Morgan fingerprint density at radius 3 is 2.81 bits per heavy atom. The molecule has 2 N–H and O–H groups in total. The molecule has 0 saturated carbocycles. The number of hydrogen-bond acceptors (Lipinski definition) is 4. The van der Waals surface area contributed by atoms with E-state index in [2.05, 4.69) is 4.98 Å². The minimum atomic E-state index is -0.451. The van der Waals surface area contributed by atoms with Crippen molar-refractivity contribution in [3.8, 4) is 0 Å². The molecule has 21 heavy (non-hydrogen) atoms. The molecule has 3 rings (SSSR count). The van der Waals surface area contributed by atoms with Crippen molar-refractivity contribution < 1.29 is 9.53 Å². The Morgan fingerprint density at radius 1 is 1.38 bits per heavy atom. The summed E-state index contributed by atoms with van der Waals surface area (Å²) >= 11 is 0. The molecule has 0 aliphatic carbocycles. The Balaban J connectivity index is 1.79. The van der Waals surface area contributed by atoms with E-state index in [1.807, 2.05) is 37.9 Å². The standard InChI is InChI=1S/C16H23N3O2/c1-16(2,3)21-15(20)19-12-4-5-14(19)13(7-12)10-6-11(17)9-18-8-10/h6,8-9,12-14H,4-5,7,17H2,1-3H3/t12-,13+,14+/m0/s1. The number of nitrogens with two attached hydrogens (primary N) is 1. The molecule has 1 aromatic rings. The van der Waals surface area contributed by atoms with Gasteiger partial charge in [0.25, 0.3) is 0 Å². The van der Waals surface area contributed by atoms with E-state index in [1.165, 1.54) is 0 Å². The van der Waals surface area contributed by atoms with E-state index in [0.29, 0.717) is 11.6 Å². The number of anilines is 1. The van der Waals surface area contributed by atoms with Crippen LogP contribution in [0.3, 0.4) is 0 Å². The van der Waals surface area contributed by atoms with E-state index in [1.54, 1.807) is 6.20 Å². The fourth-order valence-electron chi connectivity index (χ4n) is 3.63. The summed E-state index contributed by atoms with van der Waals surface area (Å²) in [6.45, 7) is 5.71. The zero-order chi connectivity index (χ0) is 15.2. The van der Waals surface area contributed by atoms with Crippen LogP contribution in [-0.4, -0.2) is 33.7 Å². The summed E-state index contributed by atoms with van der Waals surface area (Å²) in [7, 11) is 0. The number of pyridine rings is 1. The second-order valence-electron chi connectivity index (χ2n) is 7.08. The Hall–Kier alpha value is -1.78. The van der Waals surface area contributed by atoms with E-state index in [0.717, 1.165) is 24.8 Å². The molecule has 2 aliphatic rings. The van der Waals surface area contributed by atoms with Crippen molar-refractivity contribution in [3.05, 3.63) is 24.0 Å². The number of nitrogens with zero attached hydrogens (tertiary/aromatic N) is 2. The van der Waals surface area contributed by atoms with Gasteiger partial charge in [0.2, 0.25) is 0 Å². The second-order valence-corrected chi connectivity index (χ2v) is 7.08. The molecule has 1 amide bonds. The molecule has 3 atom stereocenters. The highest BCUT2D eigenvalue weighted by molar-refractivity contribution is 5.70. The van der Waals surface area contributed by atoms with Gasteiger partial charge < -0.3 is 15.4 Å². The number of aromatic nitrogens is 1. The van der Waals surface area contributed by atoms with Gasteiger partial charge in [-0.3, -0.25) is 4.98 Å². The lowest BCUT2D eigenvalue weighted by Crippen LogP contribution is -2.40. The third-order valence-electron chi connectivity index (χ3n) is 4.35. The molecule has 2 bridgehead atoms. The van der Waals surface area contributed by atoms with Crippen LogP contribution in [-0.2, 0) is 4.74 Å². The molecule has 0 aromatic carbocycles. The molecular formula is C16H23N3O2. The molecule has 5 heteroatoms. The van der Waals surface area contributed by atoms with E-state index in [9.17, 15) is 4.79 Å². The lowest BCUT2D eigenvalue weighted by atomic mass is 9.84. The summed E-state index contributed by atoms with van der Waals surface area (Å²) < 4.78 is 5.56. The van der Waals surface area contributed by atoms with Gasteiger partial charge in [0.1, 0.15) is 5.60 Å². The molecule has 0 unspecified atom stereocenters. The smallest absolute Gasteiger partial charge is 0.410 e. The van der Waals surface area contributed by atoms with Crippen LogP contribution in [0.2, 0.25) is 0 Å². The van der Waals surface area contributed by atoms with Crippen LogP contribution >= 0.6 is 0 Å². The average Bonchev–Trinajstić information content (AvgIpc) is 2.94. The molecular weight excluding hydrogens is 266 g/mol. The zero-order valence-electron chi connectivity index (χ0n) is 12.9. The summed E-state index contributed by atoms with van der Waals surface area (Å²) in [5, 5.41) is 0. The van der Waals surface area contributed by atoms with E-state index in [-0.39, 0.29) is 18.2 Å². The van der Waals surface area contributed by atoms with Crippen molar-refractivity contribution in [1.82, 2.24) is 9.88 Å². The number of fused-ring (bicyclic) bond motifs is 2. The highest BCUT2D eigenvalue weighted by atomic mass is 16.6. The molecule has 114 valence electrons. The largest absolute Gasteiger partial charge is 0.444 e. The predicted molar refractivity (Wildman–Crippen MR) is 80.9 cm³/mol. The van der Waals surface area contributed by atoms with Gasteiger partial charge in [0.05, 0.1) is 5.69 Å². The molecule has 0 radical (unpaired) electrons. The van der Waals surface area contributed by atoms with Crippen molar-refractivity contribution in [2.24, 2.45) is 0 Å². The SMILES string of the molecule is CC(C)(C)OC(=O)N1[C@H]2CC[C@@H]1[C@@H](c1cncc(N)c1)C2. The Labute approximate surface area is 125 Å². The summed E-state index contributed by atoms with van der Waals surface area (Å²) in [5.74, 6) is 0.326. The van der Waals surface area contributed by atoms with Gasteiger partial charge in [-0.05, 0) is 51.7 Å². The molecule has 3 heterocycles. The van der Waals surface area contributed by atoms with Gasteiger partial charge in [0.15, 0.2) is 0 Å². The van der Waals surface area contributed by atoms with Crippen LogP contribution < -0.4 is 5.73 Å². The number of carbonyl (C=O) groups excluding carboxylic acids is 1. The van der Waals surface area contributed by atoms with Gasteiger partial charge >= 0.3 is 6.09 Å². The van der Waals surface area contributed by atoms with Gasteiger partial charge in [-0.15, -0.1) is 0 Å². The number of hydrogen-bond donors (Lipinski definition) is 1.